The van der Waals surface area contributed by atoms with Crippen molar-refractivity contribution in [2.45, 2.75) is 89.4 Å². The molecule has 0 radical (unpaired) electrons. The van der Waals surface area contributed by atoms with Crippen molar-refractivity contribution in [3.05, 3.63) is 124 Å². The number of thiophene rings is 1. The number of carbonyl (C=O) groups excluding carboxylic acids is 5. The molecule has 2 aliphatic rings. The van der Waals surface area contributed by atoms with E-state index in [2.05, 4.69) is 40.4 Å². The molecular weight excluding hydrogens is 731 g/mol. The molecule has 0 spiro atoms. The van der Waals surface area contributed by atoms with E-state index in [1.54, 1.807) is 48.5 Å². The lowest BCUT2D eigenvalue weighted by molar-refractivity contribution is -0.142. The van der Waals surface area contributed by atoms with Gasteiger partial charge >= 0.3 is 5.97 Å². The van der Waals surface area contributed by atoms with Crippen LogP contribution in [-0.4, -0.2) is 64.8 Å². The lowest BCUT2D eigenvalue weighted by Crippen LogP contribution is -2.59. The number of carbonyl (C=O) groups is 6. The highest BCUT2D eigenvalue weighted by atomic mass is 32.1. The molecule has 4 atom stereocenters. The highest BCUT2D eigenvalue weighted by Crippen LogP contribution is 2.16. The molecule has 0 saturated heterocycles. The number of fused-ring (bicyclic) bond motifs is 18. The van der Waals surface area contributed by atoms with Gasteiger partial charge in [-0.2, -0.15) is 0 Å². The molecule has 4 unspecified atom stereocenters. The molecule has 3 heterocycles. The fourth-order valence-electron chi connectivity index (χ4n) is 6.33. The van der Waals surface area contributed by atoms with Crippen LogP contribution < -0.4 is 26.6 Å². The second kappa shape index (κ2) is 20.2. The van der Waals surface area contributed by atoms with E-state index in [0.717, 1.165) is 34.4 Å². The van der Waals surface area contributed by atoms with E-state index in [-0.39, 0.29) is 38.5 Å². The second-order valence-corrected chi connectivity index (χ2v) is 15.5. The lowest BCUT2D eigenvalue weighted by atomic mass is 9.98. The van der Waals surface area contributed by atoms with Crippen LogP contribution in [0.15, 0.2) is 96.4 Å². The number of hydrogen-bond acceptors (Lipinski definition) is 7. The van der Waals surface area contributed by atoms with Crippen molar-refractivity contribution in [3.63, 3.8) is 0 Å². The van der Waals surface area contributed by atoms with E-state index in [1.807, 2.05) is 47.8 Å². The summed E-state index contributed by atoms with van der Waals surface area (Å²) in [5.41, 5.74) is 3.64. The van der Waals surface area contributed by atoms with Gasteiger partial charge in [-0.25, -0.2) is 4.79 Å². The first kappa shape index (κ1) is 41.3. The molecule has 1 aromatic heterocycles. The highest BCUT2D eigenvalue weighted by molar-refractivity contribution is 7.09. The molecule has 2 bridgehead atoms. The average Bonchev–Trinajstić information content (AvgIpc) is 3.69. The van der Waals surface area contributed by atoms with Crippen molar-refractivity contribution in [3.8, 4) is 0 Å². The Kier molecular flexibility index (Phi) is 14.9. The van der Waals surface area contributed by atoms with E-state index in [1.165, 1.54) is 11.3 Å². The number of amides is 5. The molecule has 0 saturated carbocycles. The average molecular weight is 780 g/mol. The minimum Gasteiger partial charge on any atom is -0.480 e. The largest absolute Gasteiger partial charge is 0.480 e. The van der Waals surface area contributed by atoms with Crippen LogP contribution in [0.2, 0.25) is 0 Å². The molecule has 5 amide bonds. The Morgan fingerprint density at radius 2 is 1.23 bits per heavy atom. The van der Waals surface area contributed by atoms with Gasteiger partial charge < -0.3 is 31.7 Å². The third kappa shape index (κ3) is 12.9. The zero-order valence-corrected chi connectivity index (χ0v) is 32.4. The molecule has 6 N–H and O–H groups in total. The van der Waals surface area contributed by atoms with Crippen LogP contribution in [0.3, 0.4) is 0 Å². The third-order valence-corrected chi connectivity index (χ3v) is 10.4. The van der Waals surface area contributed by atoms with Gasteiger partial charge in [-0.1, -0.05) is 86.6 Å². The predicted molar refractivity (Wildman–Crippen MR) is 215 cm³/mol. The summed E-state index contributed by atoms with van der Waals surface area (Å²) < 4.78 is 0. The maximum atomic E-state index is 14.3. The second-order valence-electron chi connectivity index (χ2n) is 14.5. The van der Waals surface area contributed by atoms with Crippen LogP contribution in [0.25, 0.3) is 0 Å². The molecule has 0 fully saturated rings. The molecule has 2 aliphatic heterocycles. The van der Waals surface area contributed by atoms with Crippen molar-refractivity contribution in [1.29, 1.82) is 0 Å². The van der Waals surface area contributed by atoms with Crippen LogP contribution in [0.1, 0.15) is 60.2 Å². The minimum absolute atomic E-state index is 0.0431. The molecule has 12 nitrogen and oxygen atoms in total. The fraction of sp³-hybridized carbons (Fsp3) is 0.349. The summed E-state index contributed by atoms with van der Waals surface area (Å²) in [4.78, 5) is 81.6. The number of hydrogen-bond donors (Lipinski definition) is 6. The SMILES string of the molecule is CC(C)CCc1ccc(CC2NC(=O)C(Cc3cccs3)NC(=O)CCC(=O)Nc3ccc(cc3)CC(C(=O)O)NC(=O)C(Cc3ccccc3)NC2=O)cc1. The molecule has 3 aromatic carbocycles. The Morgan fingerprint density at radius 3 is 1.82 bits per heavy atom. The number of aryl methyl sites for hydroxylation is 1. The Morgan fingerprint density at radius 1 is 0.661 bits per heavy atom. The van der Waals surface area contributed by atoms with E-state index in [9.17, 15) is 33.9 Å². The van der Waals surface area contributed by atoms with Gasteiger partial charge in [0.2, 0.25) is 29.5 Å². The molecule has 56 heavy (non-hydrogen) atoms. The van der Waals surface area contributed by atoms with Crippen LogP contribution in [0.5, 0.6) is 0 Å². The van der Waals surface area contributed by atoms with Gasteiger partial charge in [-0.3, -0.25) is 24.0 Å². The van der Waals surface area contributed by atoms with Crippen LogP contribution in [0, 0.1) is 5.92 Å². The number of benzene rings is 3. The van der Waals surface area contributed by atoms with Crippen molar-refractivity contribution >= 4 is 52.5 Å². The van der Waals surface area contributed by atoms with Gasteiger partial charge in [0.1, 0.15) is 24.2 Å². The van der Waals surface area contributed by atoms with E-state index in [4.69, 9.17) is 0 Å². The van der Waals surface area contributed by atoms with Crippen LogP contribution >= 0.6 is 11.3 Å². The van der Waals surface area contributed by atoms with Gasteiger partial charge in [-0.15, -0.1) is 11.3 Å². The molecule has 13 heteroatoms. The normalized spacial score (nSPS) is 20.2. The minimum atomic E-state index is -1.34. The van der Waals surface area contributed by atoms with E-state index < -0.39 is 59.7 Å². The quantitative estimate of drug-likeness (QED) is 0.129. The van der Waals surface area contributed by atoms with Gasteiger partial charge in [0.15, 0.2) is 0 Å². The van der Waals surface area contributed by atoms with Gasteiger partial charge in [-0.05, 0) is 64.6 Å². The highest BCUT2D eigenvalue weighted by Gasteiger charge is 2.32. The van der Waals surface area contributed by atoms with Gasteiger partial charge in [0.25, 0.3) is 0 Å². The Bertz CT molecular complexity index is 1950. The van der Waals surface area contributed by atoms with E-state index >= 15 is 0 Å². The number of nitrogens with one attached hydrogen (secondary N) is 5. The Labute approximate surface area is 330 Å². The molecular formula is C43H49N5O7S. The standard InChI is InChI=1S/C43H49N5O7S/c1-27(2)10-11-28-12-14-30(15-13-28)24-35-40(51)46-34(23-29-7-4-3-5-8-29)41(52)48-37(43(54)55)25-31-16-18-32(19-17-31)44-38(49)20-21-39(50)45-36(42(53)47-35)26-33-9-6-22-56-33/h3-9,12-19,22,27,34-37H,10-11,20-21,23-26H2,1-2H3,(H,44,49)(H,45,50)(H,46,51)(H,47,53)(H,48,52)(H,54,55). The molecule has 6 rings (SSSR count). The number of carboxylic acid groups (broad SMARTS) is 1. The third-order valence-electron chi connectivity index (χ3n) is 9.53. The zero-order valence-electron chi connectivity index (χ0n) is 31.6. The van der Waals surface area contributed by atoms with Crippen molar-refractivity contribution in [2.24, 2.45) is 5.92 Å². The van der Waals surface area contributed by atoms with Crippen molar-refractivity contribution < 1.29 is 33.9 Å². The summed E-state index contributed by atoms with van der Waals surface area (Å²) in [5.74, 6) is -3.68. The fourth-order valence-corrected chi connectivity index (χ4v) is 7.09. The Hall–Kier alpha value is -5.82. The number of anilines is 1. The van der Waals surface area contributed by atoms with E-state index in [0.29, 0.717) is 17.2 Å². The smallest absolute Gasteiger partial charge is 0.326 e. The maximum absolute atomic E-state index is 14.3. The maximum Gasteiger partial charge on any atom is 0.326 e. The zero-order chi connectivity index (χ0) is 40.0. The van der Waals surface area contributed by atoms with Crippen molar-refractivity contribution in [1.82, 2.24) is 21.3 Å². The summed E-state index contributed by atoms with van der Waals surface area (Å²) in [6, 6.07) is 22.2. The monoisotopic (exact) mass is 779 g/mol. The van der Waals surface area contributed by atoms with Crippen LogP contribution in [-0.2, 0) is 60.9 Å². The van der Waals surface area contributed by atoms with Crippen molar-refractivity contribution in [2.75, 3.05) is 5.32 Å². The lowest BCUT2D eigenvalue weighted by Gasteiger charge is -2.26. The summed E-state index contributed by atoms with van der Waals surface area (Å²) in [5, 5.41) is 25.8. The van der Waals surface area contributed by atoms with Gasteiger partial charge in [0.05, 0.1) is 0 Å². The van der Waals surface area contributed by atoms with Crippen LogP contribution in [0.4, 0.5) is 5.69 Å². The van der Waals surface area contributed by atoms with Gasteiger partial charge in [0, 0.05) is 49.1 Å². The molecule has 294 valence electrons. The summed E-state index contributed by atoms with van der Waals surface area (Å²) in [6.45, 7) is 4.32. The Balaban J connectivity index is 1.49. The summed E-state index contributed by atoms with van der Waals surface area (Å²) in [6.07, 6.45) is 1.73. The topological polar surface area (TPSA) is 183 Å². The summed E-state index contributed by atoms with van der Waals surface area (Å²) >= 11 is 1.41. The predicted octanol–water partition coefficient (Wildman–Crippen LogP) is 4.36. The number of carboxylic acids is 1. The first-order chi connectivity index (χ1) is 26.9. The first-order valence-corrected chi connectivity index (χ1v) is 19.8. The summed E-state index contributed by atoms with van der Waals surface area (Å²) in [7, 11) is 0. The molecule has 0 aliphatic carbocycles. The number of rotatable bonds is 10. The number of aliphatic carboxylic acids is 1. The molecule has 4 aromatic rings. The first-order valence-electron chi connectivity index (χ1n) is 18.9.